The van der Waals surface area contributed by atoms with Crippen LogP contribution in [0.15, 0.2) is 41.0 Å². The summed E-state index contributed by atoms with van der Waals surface area (Å²) >= 11 is 3.18. The van der Waals surface area contributed by atoms with Crippen molar-refractivity contribution in [2.75, 3.05) is 0 Å². The molecule has 1 aromatic heterocycles. The lowest BCUT2D eigenvalue weighted by Gasteiger charge is -2.12. The summed E-state index contributed by atoms with van der Waals surface area (Å²) in [5.74, 6) is 0.656. The maximum absolute atomic E-state index is 10.9. The van der Waals surface area contributed by atoms with Gasteiger partial charge in [-0.2, -0.15) is 0 Å². The molecule has 2 N–H and O–H groups in total. The molecule has 2 aromatic rings. The van der Waals surface area contributed by atoms with Gasteiger partial charge in [0, 0.05) is 23.9 Å². The van der Waals surface area contributed by atoms with Gasteiger partial charge in [0.05, 0.1) is 4.92 Å². The first kappa shape index (κ1) is 14.4. The summed E-state index contributed by atoms with van der Waals surface area (Å²) < 4.78 is 5.92. The third-order valence-corrected chi connectivity index (χ3v) is 3.43. The highest BCUT2D eigenvalue weighted by molar-refractivity contribution is 9.10. The lowest BCUT2D eigenvalue weighted by atomic mass is 10.1. The molecule has 0 aliphatic heterocycles. The SMILES string of the molecule is CC(N)c1cccnc1Oc1cccc([N+](=O)[O-])c1Br. The minimum Gasteiger partial charge on any atom is -0.437 e. The summed E-state index contributed by atoms with van der Waals surface area (Å²) in [6, 6.07) is 7.87. The zero-order chi connectivity index (χ0) is 14.7. The summed E-state index contributed by atoms with van der Waals surface area (Å²) in [4.78, 5) is 14.5. The van der Waals surface area contributed by atoms with Crippen LogP contribution in [0.4, 0.5) is 5.69 Å². The number of benzene rings is 1. The molecule has 0 aliphatic rings. The molecule has 0 amide bonds. The fraction of sp³-hybridized carbons (Fsp3) is 0.154. The molecule has 0 aliphatic carbocycles. The summed E-state index contributed by atoms with van der Waals surface area (Å²) in [5.41, 5.74) is 6.50. The van der Waals surface area contributed by atoms with Crippen molar-refractivity contribution < 1.29 is 9.66 Å². The molecule has 0 bridgehead atoms. The van der Waals surface area contributed by atoms with Gasteiger partial charge in [0.15, 0.2) is 5.75 Å². The van der Waals surface area contributed by atoms with Gasteiger partial charge in [-0.1, -0.05) is 12.1 Å². The van der Waals surface area contributed by atoms with Gasteiger partial charge >= 0.3 is 0 Å². The predicted octanol–water partition coefficient (Wildman–Crippen LogP) is 3.56. The van der Waals surface area contributed by atoms with Gasteiger partial charge in [0.25, 0.3) is 5.69 Å². The van der Waals surface area contributed by atoms with Crippen LogP contribution >= 0.6 is 15.9 Å². The molecule has 1 unspecified atom stereocenters. The van der Waals surface area contributed by atoms with E-state index in [1.807, 2.05) is 6.92 Å². The molecule has 0 saturated carbocycles. The van der Waals surface area contributed by atoms with Gasteiger partial charge in [-0.25, -0.2) is 4.98 Å². The minimum absolute atomic E-state index is 0.0687. The van der Waals surface area contributed by atoms with E-state index in [9.17, 15) is 10.1 Å². The molecular formula is C13H12BrN3O3. The molecule has 7 heteroatoms. The summed E-state index contributed by atoms with van der Waals surface area (Å²) in [7, 11) is 0. The van der Waals surface area contributed by atoms with Gasteiger partial charge in [0.1, 0.15) is 4.47 Å². The van der Waals surface area contributed by atoms with E-state index in [-0.39, 0.29) is 16.2 Å². The Morgan fingerprint density at radius 1 is 1.40 bits per heavy atom. The molecule has 1 atom stereocenters. The van der Waals surface area contributed by atoms with Gasteiger partial charge < -0.3 is 10.5 Å². The predicted molar refractivity (Wildman–Crippen MR) is 77.7 cm³/mol. The maximum Gasteiger partial charge on any atom is 0.287 e. The number of aromatic nitrogens is 1. The molecule has 6 nitrogen and oxygen atoms in total. The van der Waals surface area contributed by atoms with Crippen LogP contribution in [0.3, 0.4) is 0 Å². The number of hydrogen-bond acceptors (Lipinski definition) is 5. The number of nitrogens with two attached hydrogens (primary N) is 1. The molecule has 0 radical (unpaired) electrons. The Morgan fingerprint density at radius 3 is 2.80 bits per heavy atom. The number of nitro benzene ring substituents is 1. The van der Waals surface area contributed by atoms with Crippen molar-refractivity contribution in [1.82, 2.24) is 4.98 Å². The van der Waals surface area contributed by atoms with E-state index in [4.69, 9.17) is 10.5 Å². The second kappa shape index (κ2) is 5.98. The first-order valence-corrected chi connectivity index (χ1v) is 6.61. The van der Waals surface area contributed by atoms with E-state index in [2.05, 4.69) is 20.9 Å². The maximum atomic E-state index is 10.9. The topological polar surface area (TPSA) is 91.3 Å². The highest BCUT2D eigenvalue weighted by Gasteiger charge is 2.18. The Bertz CT molecular complexity index is 647. The van der Waals surface area contributed by atoms with E-state index in [1.165, 1.54) is 6.07 Å². The fourth-order valence-electron chi connectivity index (χ4n) is 1.66. The zero-order valence-electron chi connectivity index (χ0n) is 10.6. The number of halogens is 1. The van der Waals surface area contributed by atoms with Crippen molar-refractivity contribution in [2.45, 2.75) is 13.0 Å². The Labute approximate surface area is 123 Å². The van der Waals surface area contributed by atoms with Crippen molar-refractivity contribution in [1.29, 1.82) is 0 Å². The number of pyridine rings is 1. The van der Waals surface area contributed by atoms with E-state index < -0.39 is 4.92 Å². The highest BCUT2D eigenvalue weighted by atomic mass is 79.9. The highest BCUT2D eigenvalue weighted by Crippen LogP contribution is 2.37. The van der Waals surface area contributed by atoms with Crippen LogP contribution in [0.5, 0.6) is 11.6 Å². The van der Waals surface area contributed by atoms with Crippen molar-refractivity contribution in [2.24, 2.45) is 5.73 Å². The Kier molecular flexibility index (Phi) is 4.31. The monoisotopic (exact) mass is 337 g/mol. The van der Waals surface area contributed by atoms with Crippen LogP contribution in [0.2, 0.25) is 0 Å². The number of nitro groups is 1. The van der Waals surface area contributed by atoms with Crippen molar-refractivity contribution in [3.05, 3.63) is 56.7 Å². The molecule has 20 heavy (non-hydrogen) atoms. The number of hydrogen-bond donors (Lipinski definition) is 1. The van der Waals surface area contributed by atoms with Crippen LogP contribution in [0, 0.1) is 10.1 Å². The molecule has 0 fully saturated rings. The van der Waals surface area contributed by atoms with E-state index in [0.717, 1.165) is 5.56 Å². The lowest BCUT2D eigenvalue weighted by Crippen LogP contribution is -2.07. The quantitative estimate of drug-likeness (QED) is 0.680. The standard InChI is InChI=1S/C13H12BrN3O3/c1-8(15)9-4-3-7-16-13(9)20-11-6-2-5-10(12(11)14)17(18)19/h2-8H,15H2,1H3. The summed E-state index contributed by atoms with van der Waals surface area (Å²) in [6.07, 6.45) is 1.58. The van der Waals surface area contributed by atoms with Gasteiger partial charge in [0.2, 0.25) is 5.88 Å². The van der Waals surface area contributed by atoms with Crippen LogP contribution in [0.25, 0.3) is 0 Å². The molecule has 2 rings (SSSR count). The van der Waals surface area contributed by atoms with Crippen molar-refractivity contribution >= 4 is 21.6 Å². The van der Waals surface area contributed by atoms with E-state index in [0.29, 0.717) is 11.6 Å². The van der Waals surface area contributed by atoms with Crippen LogP contribution in [-0.4, -0.2) is 9.91 Å². The molecule has 1 heterocycles. The third kappa shape index (κ3) is 2.94. The van der Waals surface area contributed by atoms with E-state index in [1.54, 1.807) is 30.5 Å². The lowest BCUT2D eigenvalue weighted by molar-refractivity contribution is -0.385. The fourth-order valence-corrected chi connectivity index (χ4v) is 2.15. The smallest absolute Gasteiger partial charge is 0.287 e. The van der Waals surface area contributed by atoms with Crippen molar-refractivity contribution in [3.63, 3.8) is 0 Å². The summed E-state index contributed by atoms with van der Waals surface area (Å²) in [6.45, 7) is 1.81. The van der Waals surface area contributed by atoms with Crippen molar-refractivity contribution in [3.8, 4) is 11.6 Å². The second-order valence-electron chi connectivity index (χ2n) is 4.13. The average molecular weight is 338 g/mol. The van der Waals surface area contributed by atoms with Gasteiger partial charge in [-0.05, 0) is 35.0 Å². The molecule has 0 saturated heterocycles. The van der Waals surface area contributed by atoms with Crippen LogP contribution in [-0.2, 0) is 0 Å². The van der Waals surface area contributed by atoms with Gasteiger partial charge in [-0.15, -0.1) is 0 Å². The second-order valence-corrected chi connectivity index (χ2v) is 4.93. The zero-order valence-corrected chi connectivity index (χ0v) is 12.2. The Balaban J connectivity index is 2.41. The largest absolute Gasteiger partial charge is 0.437 e. The third-order valence-electron chi connectivity index (χ3n) is 2.64. The Hall–Kier alpha value is -1.99. The van der Waals surface area contributed by atoms with Gasteiger partial charge in [-0.3, -0.25) is 10.1 Å². The molecule has 0 spiro atoms. The van der Waals surface area contributed by atoms with Crippen LogP contribution < -0.4 is 10.5 Å². The minimum atomic E-state index is -0.484. The average Bonchev–Trinajstić information content (AvgIpc) is 2.41. The summed E-state index contributed by atoms with van der Waals surface area (Å²) in [5, 5.41) is 10.9. The van der Waals surface area contributed by atoms with Crippen LogP contribution in [0.1, 0.15) is 18.5 Å². The normalized spacial score (nSPS) is 11.9. The number of nitrogens with zero attached hydrogens (tertiary/aromatic N) is 2. The Morgan fingerprint density at radius 2 is 2.15 bits per heavy atom. The first-order chi connectivity index (χ1) is 9.50. The molecule has 1 aromatic carbocycles. The molecular weight excluding hydrogens is 326 g/mol. The first-order valence-electron chi connectivity index (χ1n) is 5.82. The molecule has 104 valence electrons. The number of rotatable bonds is 4. The van der Waals surface area contributed by atoms with E-state index >= 15 is 0 Å². The number of ether oxygens (including phenoxy) is 1.